The highest BCUT2D eigenvalue weighted by Crippen LogP contribution is 2.41. The lowest BCUT2D eigenvalue weighted by Crippen LogP contribution is -2.54. The number of aromatic nitrogens is 2. The molecule has 5 nitrogen and oxygen atoms in total. The van der Waals surface area contributed by atoms with Crippen LogP contribution in [0.15, 0.2) is 12.4 Å². The second-order valence-electron chi connectivity index (χ2n) is 8.24. The van der Waals surface area contributed by atoms with Gasteiger partial charge in [0.25, 0.3) is 0 Å². The molecule has 2 saturated heterocycles. The first kappa shape index (κ1) is 16.3. The molecule has 2 atom stereocenters. The Balaban J connectivity index is 1.43. The summed E-state index contributed by atoms with van der Waals surface area (Å²) < 4.78 is 6.48. The molecule has 1 saturated carbocycles. The number of rotatable bonds is 3. The van der Waals surface area contributed by atoms with Crippen molar-refractivity contribution in [2.24, 2.45) is 5.92 Å². The molecule has 1 aliphatic carbocycles. The van der Waals surface area contributed by atoms with E-state index in [4.69, 9.17) is 4.74 Å². The first-order chi connectivity index (χ1) is 11.5. The summed E-state index contributed by atoms with van der Waals surface area (Å²) in [5, 5.41) is 10.3. The summed E-state index contributed by atoms with van der Waals surface area (Å²) >= 11 is 0. The van der Waals surface area contributed by atoms with Crippen LogP contribution >= 0.6 is 0 Å². The van der Waals surface area contributed by atoms with Gasteiger partial charge in [-0.3, -0.25) is 0 Å². The maximum absolute atomic E-state index is 10.3. The highest BCUT2D eigenvalue weighted by molar-refractivity contribution is 5.41. The third-order valence-electron chi connectivity index (χ3n) is 5.93. The Kier molecular flexibility index (Phi) is 4.25. The van der Waals surface area contributed by atoms with Gasteiger partial charge in [-0.15, -0.1) is 0 Å². The molecule has 0 radical (unpaired) electrons. The van der Waals surface area contributed by atoms with Gasteiger partial charge in [0.2, 0.25) is 0 Å². The highest BCUT2D eigenvalue weighted by atomic mass is 16.5. The third kappa shape index (κ3) is 3.29. The molecule has 5 heteroatoms. The predicted octanol–water partition coefficient (Wildman–Crippen LogP) is 2.89. The topological polar surface area (TPSA) is 58.5 Å². The van der Waals surface area contributed by atoms with Crippen molar-refractivity contribution in [3.63, 3.8) is 0 Å². The van der Waals surface area contributed by atoms with E-state index in [1.807, 2.05) is 0 Å². The van der Waals surface area contributed by atoms with E-state index >= 15 is 0 Å². The summed E-state index contributed by atoms with van der Waals surface area (Å²) in [6.45, 7) is 6.26. The van der Waals surface area contributed by atoms with Crippen molar-refractivity contribution in [1.29, 1.82) is 0 Å². The van der Waals surface area contributed by atoms with Crippen molar-refractivity contribution in [2.75, 3.05) is 18.0 Å². The highest BCUT2D eigenvalue weighted by Gasteiger charge is 2.44. The van der Waals surface area contributed by atoms with Crippen LogP contribution in [0.1, 0.15) is 64.0 Å². The molecule has 3 fully saturated rings. The zero-order chi connectivity index (χ0) is 16.7. The van der Waals surface area contributed by atoms with Crippen LogP contribution in [-0.4, -0.2) is 46.0 Å². The molecular weight excluding hydrogens is 302 g/mol. The summed E-state index contributed by atoms with van der Waals surface area (Å²) in [5.41, 5.74) is 1.06. The fourth-order valence-electron chi connectivity index (χ4n) is 4.21. The van der Waals surface area contributed by atoms with Crippen LogP contribution < -0.4 is 4.90 Å². The molecule has 3 heterocycles. The lowest BCUT2D eigenvalue weighted by molar-refractivity contribution is -0.183. The molecule has 0 unspecified atom stereocenters. The lowest BCUT2D eigenvalue weighted by atomic mass is 9.80. The number of piperidine rings is 1. The number of ether oxygens (including phenoxy) is 1. The van der Waals surface area contributed by atoms with Crippen molar-refractivity contribution in [2.45, 2.75) is 76.1 Å². The second-order valence-corrected chi connectivity index (χ2v) is 8.24. The van der Waals surface area contributed by atoms with Crippen LogP contribution in [0, 0.1) is 5.92 Å². The van der Waals surface area contributed by atoms with Gasteiger partial charge >= 0.3 is 0 Å². The lowest BCUT2D eigenvalue weighted by Gasteiger charge is -2.49. The standard InChI is InChI=1S/C19H29N3O2/c1-13(2)17-9-15(23)11-19(24-17)5-7-22(8-6-19)18-10-16(14-3-4-14)20-12-21-18/h10,12-15,17,23H,3-9,11H2,1-2H3/t15-,17-/m1/s1. The molecule has 1 N–H and O–H groups in total. The minimum atomic E-state index is -0.224. The van der Waals surface area contributed by atoms with Crippen molar-refractivity contribution < 1.29 is 9.84 Å². The van der Waals surface area contributed by atoms with Gasteiger partial charge in [-0.05, 0) is 38.0 Å². The van der Waals surface area contributed by atoms with Gasteiger partial charge < -0.3 is 14.7 Å². The van der Waals surface area contributed by atoms with Crippen molar-refractivity contribution in [1.82, 2.24) is 9.97 Å². The van der Waals surface area contributed by atoms with Gasteiger partial charge in [0.15, 0.2) is 0 Å². The predicted molar refractivity (Wildman–Crippen MR) is 93.1 cm³/mol. The van der Waals surface area contributed by atoms with Gasteiger partial charge in [-0.2, -0.15) is 0 Å². The maximum Gasteiger partial charge on any atom is 0.132 e. The van der Waals surface area contributed by atoms with E-state index in [1.165, 1.54) is 18.5 Å². The number of anilines is 1. The average Bonchev–Trinajstić information content (AvgIpc) is 3.40. The molecule has 24 heavy (non-hydrogen) atoms. The van der Waals surface area contributed by atoms with E-state index in [2.05, 4.69) is 34.8 Å². The normalized spacial score (nSPS) is 30.1. The molecular formula is C19H29N3O2. The van der Waals surface area contributed by atoms with E-state index < -0.39 is 0 Å². The molecule has 2 aliphatic heterocycles. The Morgan fingerprint density at radius 1 is 1.25 bits per heavy atom. The minimum absolute atomic E-state index is 0.143. The molecule has 4 rings (SSSR count). The maximum atomic E-state index is 10.3. The first-order valence-electron chi connectivity index (χ1n) is 9.47. The molecule has 1 aromatic rings. The molecule has 0 aromatic carbocycles. The van der Waals surface area contributed by atoms with Gasteiger partial charge in [0.1, 0.15) is 12.1 Å². The molecule has 3 aliphatic rings. The average molecular weight is 331 g/mol. The summed E-state index contributed by atoms with van der Waals surface area (Å²) in [4.78, 5) is 11.3. The number of hydrogen-bond acceptors (Lipinski definition) is 5. The van der Waals surface area contributed by atoms with E-state index in [9.17, 15) is 5.11 Å². The summed E-state index contributed by atoms with van der Waals surface area (Å²) in [6, 6.07) is 2.17. The van der Waals surface area contributed by atoms with Crippen molar-refractivity contribution >= 4 is 5.82 Å². The summed E-state index contributed by atoms with van der Waals surface area (Å²) in [6.07, 6.45) is 7.69. The third-order valence-corrected chi connectivity index (χ3v) is 5.93. The van der Waals surface area contributed by atoms with Crippen molar-refractivity contribution in [3.05, 3.63) is 18.1 Å². The fraction of sp³-hybridized carbons (Fsp3) is 0.789. The minimum Gasteiger partial charge on any atom is -0.393 e. The Morgan fingerprint density at radius 3 is 2.67 bits per heavy atom. The van der Waals surface area contributed by atoms with E-state index in [0.29, 0.717) is 11.8 Å². The van der Waals surface area contributed by atoms with Crippen LogP contribution in [0.5, 0.6) is 0 Å². The summed E-state index contributed by atoms with van der Waals surface area (Å²) in [7, 11) is 0. The zero-order valence-electron chi connectivity index (χ0n) is 14.8. The van der Waals surface area contributed by atoms with E-state index in [-0.39, 0.29) is 17.8 Å². The largest absolute Gasteiger partial charge is 0.393 e. The molecule has 1 spiro atoms. The van der Waals surface area contributed by atoms with Crippen LogP contribution in [0.2, 0.25) is 0 Å². The van der Waals surface area contributed by atoms with Crippen LogP contribution in [0.4, 0.5) is 5.82 Å². The number of aliphatic hydroxyl groups excluding tert-OH is 1. The van der Waals surface area contributed by atoms with Gasteiger partial charge in [-0.1, -0.05) is 13.8 Å². The van der Waals surface area contributed by atoms with Crippen LogP contribution in [0.3, 0.4) is 0 Å². The molecule has 0 amide bonds. The van der Waals surface area contributed by atoms with Crippen LogP contribution in [0.25, 0.3) is 0 Å². The van der Waals surface area contributed by atoms with Gasteiger partial charge in [0.05, 0.1) is 17.8 Å². The van der Waals surface area contributed by atoms with Gasteiger partial charge in [-0.25, -0.2) is 9.97 Å². The number of hydrogen-bond donors (Lipinski definition) is 1. The smallest absolute Gasteiger partial charge is 0.132 e. The van der Waals surface area contributed by atoms with E-state index in [0.717, 1.165) is 44.6 Å². The Labute approximate surface area is 144 Å². The quantitative estimate of drug-likeness (QED) is 0.923. The first-order valence-corrected chi connectivity index (χ1v) is 9.47. The molecule has 132 valence electrons. The SMILES string of the molecule is CC(C)[C@H]1C[C@@H](O)CC2(CCN(c3cc(C4CC4)ncn3)CC2)O1. The molecule has 1 aromatic heterocycles. The van der Waals surface area contributed by atoms with Crippen LogP contribution in [-0.2, 0) is 4.74 Å². The zero-order valence-corrected chi connectivity index (χ0v) is 14.8. The monoisotopic (exact) mass is 331 g/mol. The Bertz CT molecular complexity index is 580. The summed E-state index contributed by atoms with van der Waals surface area (Å²) in [5.74, 6) is 2.17. The van der Waals surface area contributed by atoms with E-state index in [1.54, 1.807) is 6.33 Å². The Morgan fingerprint density at radius 2 is 2.00 bits per heavy atom. The second kappa shape index (κ2) is 6.26. The fourth-order valence-corrected chi connectivity index (χ4v) is 4.21. The Hall–Kier alpha value is -1.20. The van der Waals surface area contributed by atoms with Crippen molar-refractivity contribution in [3.8, 4) is 0 Å². The number of nitrogens with zero attached hydrogens (tertiary/aromatic N) is 3. The van der Waals surface area contributed by atoms with Gasteiger partial charge in [0, 0.05) is 37.2 Å². The number of aliphatic hydroxyl groups is 1. The molecule has 0 bridgehead atoms.